The van der Waals surface area contributed by atoms with Crippen molar-refractivity contribution < 1.29 is 9.47 Å². The van der Waals surface area contributed by atoms with Gasteiger partial charge in [0.25, 0.3) is 0 Å². The van der Waals surface area contributed by atoms with Gasteiger partial charge < -0.3 is 19.7 Å². The summed E-state index contributed by atoms with van der Waals surface area (Å²) < 4.78 is 10.9. The van der Waals surface area contributed by atoms with E-state index in [-0.39, 0.29) is 11.5 Å². The molecule has 3 rings (SSSR count). The summed E-state index contributed by atoms with van der Waals surface area (Å²) >= 11 is 3.55. The van der Waals surface area contributed by atoms with Crippen molar-refractivity contribution in [2.75, 3.05) is 31.9 Å². The summed E-state index contributed by atoms with van der Waals surface area (Å²) in [7, 11) is 5.37. The number of hydrogen-bond donors (Lipinski definition) is 1. The number of nitrogens with zero attached hydrogens (tertiary/aromatic N) is 2. The molecule has 0 aromatic heterocycles. The van der Waals surface area contributed by atoms with Crippen LogP contribution in [0.15, 0.2) is 63.5 Å². The van der Waals surface area contributed by atoms with Gasteiger partial charge in [0.2, 0.25) is 0 Å². The maximum Gasteiger partial charge on any atom is 0.172 e. The Morgan fingerprint density at radius 2 is 1.90 bits per heavy atom. The summed E-state index contributed by atoms with van der Waals surface area (Å²) in [6.07, 6.45) is 5.95. The molecule has 2 aromatic rings. The summed E-state index contributed by atoms with van der Waals surface area (Å²) in [4.78, 5) is 9.48. The Balaban J connectivity index is 1.79. The van der Waals surface area contributed by atoms with Crippen molar-refractivity contribution in [2.24, 2.45) is 4.99 Å². The number of benzene rings is 2. The van der Waals surface area contributed by atoms with E-state index in [2.05, 4.69) is 48.5 Å². The number of hydrogen-bond acceptors (Lipinski definition) is 7. The predicted octanol–water partition coefficient (Wildman–Crippen LogP) is 5.58. The lowest BCUT2D eigenvalue weighted by Crippen LogP contribution is -2.24. The summed E-state index contributed by atoms with van der Waals surface area (Å²) in [5.74, 6) is 2.54. The second-order valence-corrected chi connectivity index (χ2v) is 9.11. The highest BCUT2D eigenvalue weighted by molar-refractivity contribution is 8.00. The molecule has 30 heavy (non-hydrogen) atoms. The first-order valence-electron chi connectivity index (χ1n) is 9.90. The van der Waals surface area contributed by atoms with Crippen LogP contribution in [0.25, 0.3) is 0 Å². The predicted molar refractivity (Wildman–Crippen MR) is 130 cm³/mol. The smallest absolute Gasteiger partial charge is 0.172 e. The van der Waals surface area contributed by atoms with Crippen LogP contribution in [0.3, 0.4) is 0 Å². The van der Waals surface area contributed by atoms with Crippen LogP contribution in [-0.2, 0) is 0 Å². The average molecular weight is 444 g/mol. The van der Waals surface area contributed by atoms with Crippen molar-refractivity contribution in [3.8, 4) is 11.5 Å². The Morgan fingerprint density at radius 1 is 1.20 bits per heavy atom. The zero-order valence-corrected chi connectivity index (χ0v) is 19.7. The van der Waals surface area contributed by atoms with Gasteiger partial charge in [-0.05, 0) is 42.6 Å². The summed E-state index contributed by atoms with van der Waals surface area (Å²) in [6.45, 7) is 4.17. The molecule has 7 heteroatoms. The van der Waals surface area contributed by atoms with Gasteiger partial charge in [-0.2, -0.15) is 0 Å². The van der Waals surface area contributed by atoms with Crippen molar-refractivity contribution in [3.05, 3.63) is 54.2 Å². The number of fused-ring (bicyclic) bond motifs is 1. The topological polar surface area (TPSA) is 46.1 Å². The van der Waals surface area contributed by atoms with Gasteiger partial charge >= 0.3 is 0 Å². The van der Waals surface area contributed by atoms with Crippen LogP contribution in [0.5, 0.6) is 11.5 Å². The van der Waals surface area contributed by atoms with Crippen molar-refractivity contribution in [3.63, 3.8) is 0 Å². The van der Waals surface area contributed by atoms with Crippen LogP contribution in [-0.4, -0.2) is 38.7 Å². The molecule has 0 fully saturated rings. The molecule has 5 nitrogen and oxygen atoms in total. The highest BCUT2D eigenvalue weighted by Crippen LogP contribution is 2.48. The van der Waals surface area contributed by atoms with Gasteiger partial charge in [-0.25, -0.2) is 0 Å². The maximum atomic E-state index is 5.45. The number of methoxy groups -OCH3 is 2. The quantitative estimate of drug-likeness (QED) is 0.403. The fourth-order valence-corrected chi connectivity index (χ4v) is 4.98. The molecule has 1 aliphatic heterocycles. The molecule has 1 N–H and O–H groups in total. The zero-order chi connectivity index (χ0) is 21.5. The monoisotopic (exact) mass is 443 g/mol. The third-order valence-electron chi connectivity index (χ3n) is 4.76. The maximum absolute atomic E-state index is 5.45. The van der Waals surface area contributed by atoms with Gasteiger partial charge in [0.15, 0.2) is 17.0 Å². The average Bonchev–Trinajstić information content (AvgIpc) is 3.08. The third kappa shape index (κ3) is 5.08. The minimum atomic E-state index is -0.0401. The molecular formula is C23H29N3O2S2. The first kappa shape index (κ1) is 22.4. The lowest BCUT2D eigenvalue weighted by atomic mass is 10.1. The van der Waals surface area contributed by atoms with Crippen molar-refractivity contribution in [2.45, 2.75) is 35.2 Å². The van der Waals surface area contributed by atoms with Crippen LogP contribution in [0.2, 0.25) is 0 Å². The fourth-order valence-electron chi connectivity index (χ4n) is 3.18. The van der Waals surface area contributed by atoms with Crippen molar-refractivity contribution >= 4 is 35.4 Å². The van der Waals surface area contributed by atoms with E-state index in [1.807, 2.05) is 49.3 Å². The number of ether oxygens (including phenoxy) is 2. The van der Waals surface area contributed by atoms with Gasteiger partial charge in [-0.3, -0.25) is 4.99 Å². The first-order chi connectivity index (χ1) is 14.6. The Labute approximate surface area is 187 Å². The summed E-state index contributed by atoms with van der Waals surface area (Å²) in [6, 6.07) is 12.7. The van der Waals surface area contributed by atoms with Gasteiger partial charge in [0.05, 0.1) is 25.9 Å². The van der Waals surface area contributed by atoms with Crippen molar-refractivity contribution in [1.82, 2.24) is 5.32 Å². The molecule has 0 bridgehead atoms. The number of aliphatic imine (C=N–C) groups is 1. The number of nitrogens with one attached hydrogen (secondary N) is 1. The Kier molecular flexibility index (Phi) is 7.99. The molecule has 2 aromatic carbocycles. The minimum Gasteiger partial charge on any atom is -0.493 e. The third-order valence-corrected chi connectivity index (χ3v) is 6.89. The lowest BCUT2D eigenvalue weighted by Gasteiger charge is -2.20. The fraction of sp³-hybridized carbons (Fsp3) is 0.348. The van der Waals surface area contributed by atoms with E-state index >= 15 is 0 Å². The molecule has 0 amide bonds. The Hall–Kier alpha value is -2.25. The van der Waals surface area contributed by atoms with E-state index in [0.717, 1.165) is 27.8 Å². The van der Waals surface area contributed by atoms with Gasteiger partial charge in [0, 0.05) is 29.1 Å². The molecule has 0 radical (unpaired) electrons. The second kappa shape index (κ2) is 10.7. The van der Waals surface area contributed by atoms with E-state index in [4.69, 9.17) is 14.5 Å². The summed E-state index contributed by atoms with van der Waals surface area (Å²) in [5.41, 5.74) is 2.24. The van der Waals surface area contributed by atoms with Crippen LogP contribution in [0.4, 0.5) is 5.69 Å². The number of anilines is 1. The van der Waals surface area contributed by atoms with Gasteiger partial charge in [0.1, 0.15) is 0 Å². The van der Waals surface area contributed by atoms with E-state index < -0.39 is 0 Å². The Bertz CT molecular complexity index is 900. The zero-order valence-electron chi connectivity index (χ0n) is 18.1. The normalized spacial score (nSPS) is 16.8. The molecule has 0 saturated carbocycles. The molecule has 160 valence electrons. The molecule has 0 saturated heterocycles. The molecule has 1 aliphatic rings. The number of rotatable bonds is 9. The van der Waals surface area contributed by atoms with E-state index in [0.29, 0.717) is 0 Å². The largest absolute Gasteiger partial charge is 0.493 e. The first-order valence-corrected chi connectivity index (χ1v) is 11.8. The summed E-state index contributed by atoms with van der Waals surface area (Å²) in [5, 5.41) is 3.43. The highest BCUT2D eigenvalue weighted by Gasteiger charge is 2.29. The SMILES string of the molecule is C/C=C/NC(/C=N/C1Sc2cc(OC)c(OC)cc2N1C)c1ccc(SCC)cc1. The van der Waals surface area contributed by atoms with Crippen LogP contribution >= 0.6 is 23.5 Å². The van der Waals surface area contributed by atoms with Crippen LogP contribution < -0.4 is 19.7 Å². The molecular weight excluding hydrogens is 414 g/mol. The molecule has 0 aliphatic carbocycles. The van der Waals surface area contributed by atoms with Gasteiger partial charge in [-0.15, -0.1) is 11.8 Å². The molecule has 0 spiro atoms. The standard InChI is InChI=1S/C23H29N3O2S2/c1-6-12-24-18(16-8-10-17(11-9-16)29-7-2)15-25-23-26(3)19-13-20(27-4)21(28-5)14-22(19)30-23/h6,8-15,18,23-24H,7H2,1-5H3/b12-6+,25-15+. The van der Waals surface area contributed by atoms with Crippen LogP contribution in [0, 0.1) is 0 Å². The number of thioether (sulfide) groups is 2. The van der Waals surface area contributed by atoms with E-state index in [1.165, 1.54) is 10.5 Å². The number of allylic oxidation sites excluding steroid dienone is 1. The lowest BCUT2D eigenvalue weighted by molar-refractivity contribution is 0.354. The molecule has 1 heterocycles. The van der Waals surface area contributed by atoms with Gasteiger partial charge in [-0.1, -0.05) is 36.9 Å². The van der Waals surface area contributed by atoms with Crippen LogP contribution in [0.1, 0.15) is 25.5 Å². The highest BCUT2D eigenvalue weighted by atomic mass is 32.2. The minimum absolute atomic E-state index is 0.00339. The van der Waals surface area contributed by atoms with Crippen molar-refractivity contribution in [1.29, 1.82) is 0 Å². The Morgan fingerprint density at radius 3 is 2.53 bits per heavy atom. The molecule has 2 atom stereocenters. The van der Waals surface area contributed by atoms with E-state index in [1.54, 1.807) is 26.0 Å². The second-order valence-electron chi connectivity index (χ2n) is 6.67. The molecule has 2 unspecified atom stereocenters. The van der Waals surface area contributed by atoms with E-state index in [9.17, 15) is 0 Å².